The molecule has 0 bridgehead atoms. The van der Waals surface area contributed by atoms with Crippen molar-refractivity contribution in [2.45, 2.75) is 19.5 Å². The maximum atomic E-state index is 12.3. The molecule has 0 unspecified atom stereocenters. The van der Waals surface area contributed by atoms with Gasteiger partial charge in [0.15, 0.2) is 6.61 Å². The van der Waals surface area contributed by atoms with Gasteiger partial charge in [-0.1, -0.05) is 42.5 Å². The molecule has 0 spiro atoms. The lowest BCUT2D eigenvalue weighted by Crippen LogP contribution is -2.31. The number of amides is 1. The average molecular weight is 469 g/mol. The maximum absolute atomic E-state index is 12.3. The van der Waals surface area contributed by atoms with Crippen molar-refractivity contribution in [3.8, 4) is 11.5 Å². The molecular formula is C25H28N2O5S. The van der Waals surface area contributed by atoms with Crippen molar-refractivity contribution in [3.63, 3.8) is 0 Å². The molecule has 3 aromatic carbocycles. The molecule has 174 valence electrons. The number of anilines is 1. The van der Waals surface area contributed by atoms with Gasteiger partial charge in [0.2, 0.25) is 10.0 Å². The highest BCUT2D eigenvalue weighted by Gasteiger charge is 2.18. The first-order valence-corrected chi connectivity index (χ1v) is 12.3. The second kappa shape index (κ2) is 10.9. The first-order valence-electron chi connectivity index (χ1n) is 10.4. The topological polar surface area (TPSA) is 84.9 Å². The highest BCUT2D eigenvalue weighted by Crippen LogP contribution is 2.24. The predicted molar refractivity (Wildman–Crippen MR) is 129 cm³/mol. The highest BCUT2D eigenvalue weighted by molar-refractivity contribution is 7.92. The predicted octanol–water partition coefficient (Wildman–Crippen LogP) is 3.92. The molecule has 0 fully saturated rings. The van der Waals surface area contributed by atoms with Crippen LogP contribution in [0.2, 0.25) is 0 Å². The molecule has 0 aliphatic rings. The third kappa shape index (κ3) is 6.98. The summed E-state index contributed by atoms with van der Waals surface area (Å²) in [6, 6.07) is 23.3. The van der Waals surface area contributed by atoms with Gasteiger partial charge in [0.25, 0.3) is 5.91 Å². The van der Waals surface area contributed by atoms with Gasteiger partial charge in [-0.25, -0.2) is 8.42 Å². The number of benzene rings is 3. The minimum atomic E-state index is -3.48. The molecule has 8 heteroatoms. The van der Waals surface area contributed by atoms with E-state index in [4.69, 9.17) is 9.47 Å². The van der Waals surface area contributed by atoms with E-state index in [2.05, 4.69) is 5.32 Å². The zero-order valence-corrected chi connectivity index (χ0v) is 19.7. The lowest BCUT2D eigenvalue weighted by atomic mass is 10.1. The molecule has 7 nitrogen and oxygen atoms in total. The third-order valence-corrected chi connectivity index (χ3v) is 6.20. The fraction of sp³-hybridized carbons (Fsp3) is 0.240. The van der Waals surface area contributed by atoms with Gasteiger partial charge in [-0.2, -0.15) is 0 Å². The van der Waals surface area contributed by atoms with Crippen LogP contribution in [0, 0.1) is 0 Å². The van der Waals surface area contributed by atoms with Gasteiger partial charge in [-0.15, -0.1) is 0 Å². The van der Waals surface area contributed by atoms with Gasteiger partial charge in [0.05, 0.1) is 31.6 Å². The zero-order valence-electron chi connectivity index (χ0n) is 18.9. The van der Waals surface area contributed by atoms with Crippen LogP contribution in [0.25, 0.3) is 0 Å². The number of hydrogen-bond acceptors (Lipinski definition) is 5. The number of methoxy groups -OCH3 is 1. The number of carbonyl (C=O) groups is 1. The Labute approximate surface area is 195 Å². The van der Waals surface area contributed by atoms with Crippen LogP contribution >= 0.6 is 0 Å². The van der Waals surface area contributed by atoms with E-state index in [9.17, 15) is 13.2 Å². The average Bonchev–Trinajstić information content (AvgIpc) is 2.81. The van der Waals surface area contributed by atoms with Crippen molar-refractivity contribution in [3.05, 3.63) is 90.0 Å². The Kier molecular flexibility index (Phi) is 7.95. The number of rotatable bonds is 10. The van der Waals surface area contributed by atoms with E-state index >= 15 is 0 Å². The van der Waals surface area contributed by atoms with E-state index in [1.165, 1.54) is 10.6 Å². The summed E-state index contributed by atoms with van der Waals surface area (Å²) in [6.45, 7) is 1.96. The van der Waals surface area contributed by atoms with Gasteiger partial charge in [-0.05, 0) is 54.4 Å². The normalized spacial score (nSPS) is 12.0. The first kappa shape index (κ1) is 24.1. The van der Waals surface area contributed by atoms with E-state index in [-0.39, 0.29) is 25.1 Å². The zero-order chi connectivity index (χ0) is 23.8. The van der Waals surface area contributed by atoms with Crippen LogP contribution in [0.4, 0.5) is 5.69 Å². The van der Waals surface area contributed by atoms with E-state index in [1.807, 2.05) is 61.5 Å². The third-order valence-electron chi connectivity index (χ3n) is 5.06. The number of carbonyl (C=O) groups excluding carboxylic acids is 1. The summed E-state index contributed by atoms with van der Waals surface area (Å²) < 4.78 is 36.7. The van der Waals surface area contributed by atoms with E-state index in [0.717, 1.165) is 16.9 Å². The van der Waals surface area contributed by atoms with Gasteiger partial charge in [0, 0.05) is 0 Å². The molecule has 0 aliphatic carbocycles. The summed E-state index contributed by atoms with van der Waals surface area (Å²) in [5.74, 6) is 0.964. The minimum absolute atomic E-state index is 0.153. The van der Waals surface area contributed by atoms with E-state index in [0.29, 0.717) is 11.4 Å². The summed E-state index contributed by atoms with van der Waals surface area (Å²) in [5.41, 5.74) is 2.35. The molecule has 0 saturated carbocycles. The molecule has 0 aliphatic heterocycles. The summed E-state index contributed by atoms with van der Waals surface area (Å²) in [5, 5.41) is 2.89. The van der Waals surface area contributed by atoms with Crippen molar-refractivity contribution in [1.82, 2.24) is 5.32 Å². The Morgan fingerprint density at radius 1 is 0.939 bits per heavy atom. The van der Waals surface area contributed by atoms with E-state index < -0.39 is 10.0 Å². The Morgan fingerprint density at radius 2 is 1.55 bits per heavy atom. The molecule has 0 saturated heterocycles. The quantitative estimate of drug-likeness (QED) is 0.488. The van der Waals surface area contributed by atoms with Crippen LogP contribution in [0.3, 0.4) is 0 Å². The second-order valence-corrected chi connectivity index (χ2v) is 9.51. The Morgan fingerprint density at radius 3 is 2.12 bits per heavy atom. The summed E-state index contributed by atoms with van der Waals surface area (Å²) in [6.07, 6.45) is 1.18. The molecule has 33 heavy (non-hydrogen) atoms. The summed E-state index contributed by atoms with van der Waals surface area (Å²) in [7, 11) is -1.88. The smallest absolute Gasteiger partial charge is 0.258 e. The standard InChI is InChI=1S/C25H28N2O5S/c1-19(21-9-13-23(31-2)14-10-21)26-25(28)18-32-24-15-11-22(12-16-24)27(33(3,29)30)17-20-7-5-4-6-8-20/h4-16,19H,17-18H2,1-3H3,(H,26,28)/t19-/m0/s1. The molecule has 1 atom stereocenters. The molecule has 0 heterocycles. The van der Waals surface area contributed by atoms with Crippen LogP contribution in [-0.2, 0) is 21.4 Å². The molecule has 3 rings (SSSR count). The van der Waals surface area contributed by atoms with Gasteiger partial charge in [-0.3, -0.25) is 9.10 Å². The lowest BCUT2D eigenvalue weighted by Gasteiger charge is -2.23. The summed E-state index contributed by atoms with van der Waals surface area (Å²) >= 11 is 0. The maximum Gasteiger partial charge on any atom is 0.258 e. The molecule has 1 amide bonds. The molecule has 0 radical (unpaired) electrons. The van der Waals surface area contributed by atoms with Crippen molar-refractivity contribution in [2.24, 2.45) is 0 Å². The van der Waals surface area contributed by atoms with Crippen LogP contribution in [0.15, 0.2) is 78.9 Å². The fourth-order valence-corrected chi connectivity index (χ4v) is 4.15. The van der Waals surface area contributed by atoms with Crippen molar-refractivity contribution >= 4 is 21.6 Å². The largest absolute Gasteiger partial charge is 0.497 e. The minimum Gasteiger partial charge on any atom is -0.497 e. The number of sulfonamides is 1. The molecule has 3 aromatic rings. The van der Waals surface area contributed by atoms with Crippen molar-refractivity contribution in [2.75, 3.05) is 24.3 Å². The van der Waals surface area contributed by atoms with Gasteiger partial charge < -0.3 is 14.8 Å². The highest BCUT2D eigenvalue weighted by atomic mass is 32.2. The number of nitrogens with one attached hydrogen (secondary N) is 1. The van der Waals surface area contributed by atoms with E-state index in [1.54, 1.807) is 31.4 Å². The fourth-order valence-electron chi connectivity index (χ4n) is 3.27. The monoisotopic (exact) mass is 468 g/mol. The van der Waals surface area contributed by atoms with Crippen LogP contribution < -0.4 is 19.1 Å². The van der Waals surface area contributed by atoms with Crippen molar-refractivity contribution in [1.29, 1.82) is 0 Å². The summed E-state index contributed by atoms with van der Waals surface area (Å²) in [4.78, 5) is 12.3. The van der Waals surface area contributed by atoms with Crippen LogP contribution in [0.5, 0.6) is 11.5 Å². The molecule has 0 aromatic heterocycles. The SMILES string of the molecule is COc1ccc([C@H](C)NC(=O)COc2ccc(N(Cc3ccccc3)S(C)(=O)=O)cc2)cc1. The van der Waals surface area contributed by atoms with Crippen LogP contribution in [0.1, 0.15) is 24.1 Å². The first-order chi connectivity index (χ1) is 15.8. The van der Waals surface area contributed by atoms with Gasteiger partial charge >= 0.3 is 0 Å². The molecular weight excluding hydrogens is 440 g/mol. The van der Waals surface area contributed by atoms with Gasteiger partial charge in [0.1, 0.15) is 11.5 Å². The van der Waals surface area contributed by atoms with Crippen molar-refractivity contribution < 1.29 is 22.7 Å². The van der Waals surface area contributed by atoms with Crippen LogP contribution in [-0.4, -0.2) is 34.3 Å². The lowest BCUT2D eigenvalue weighted by molar-refractivity contribution is -0.123. The number of hydrogen-bond donors (Lipinski definition) is 1. The Balaban J connectivity index is 1.58. The molecule has 1 N–H and O–H groups in total. The number of ether oxygens (including phenoxy) is 2. The Bertz CT molecular complexity index is 1150. The second-order valence-electron chi connectivity index (χ2n) is 7.60. The Hall–Kier alpha value is -3.52. The number of nitrogens with zero attached hydrogens (tertiary/aromatic N) is 1.